The highest BCUT2D eigenvalue weighted by molar-refractivity contribution is 6.02. The molecule has 0 atom stereocenters. The minimum atomic E-state index is -0.630. The number of esters is 1. The minimum Gasteiger partial charge on any atom is -0.481 e. The lowest BCUT2D eigenvalue weighted by molar-refractivity contribution is 0.0528. The fraction of sp³-hybridized carbons (Fsp3) is 0.200. The second-order valence-electron chi connectivity index (χ2n) is 3.85. The van der Waals surface area contributed by atoms with E-state index in [9.17, 15) is 9.59 Å². The highest BCUT2D eigenvalue weighted by Gasteiger charge is 2.14. The molecule has 0 saturated heterocycles. The number of fused-ring (bicyclic) bond motifs is 1. The van der Waals surface area contributed by atoms with Crippen LogP contribution in [0.3, 0.4) is 0 Å². The standard InChI is InChI=1S/C15H12O5/c1-3-7-19-10-5-6-11-12(15(17)18-4-2)9-14(16)20-13(11)8-10/h1,5-6,8-9H,4,7H2,2H3. The summed E-state index contributed by atoms with van der Waals surface area (Å²) in [6.45, 7) is 2.02. The van der Waals surface area contributed by atoms with Crippen LogP contribution in [0.25, 0.3) is 11.0 Å². The maximum Gasteiger partial charge on any atom is 0.339 e. The van der Waals surface area contributed by atoms with Gasteiger partial charge in [0.15, 0.2) is 0 Å². The molecule has 0 saturated carbocycles. The molecule has 0 N–H and O–H groups in total. The molecule has 0 spiro atoms. The Morgan fingerprint density at radius 3 is 2.90 bits per heavy atom. The normalized spacial score (nSPS) is 10.0. The number of hydrogen-bond donors (Lipinski definition) is 0. The molecule has 0 radical (unpaired) electrons. The summed E-state index contributed by atoms with van der Waals surface area (Å²) in [7, 11) is 0. The van der Waals surface area contributed by atoms with Gasteiger partial charge in [-0.3, -0.25) is 0 Å². The van der Waals surface area contributed by atoms with Crippen LogP contribution in [-0.4, -0.2) is 19.2 Å². The third kappa shape index (κ3) is 2.81. The van der Waals surface area contributed by atoms with Gasteiger partial charge in [-0.15, -0.1) is 6.42 Å². The lowest BCUT2D eigenvalue weighted by atomic mass is 10.1. The fourth-order valence-corrected chi connectivity index (χ4v) is 1.74. The Balaban J connectivity index is 2.53. The van der Waals surface area contributed by atoms with E-state index in [0.717, 1.165) is 6.07 Å². The molecule has 0 aliphatic carbocycles. The summed E-state index contributed by atoms with van der Waals surface area (Å²) in [4.78, 5) is 23.3. The van der Waals surface area contributed by atoms with E-state index in [1.54, 1.807) is 19.1 Å². The Labute approximate surface area is 115 Å². The lowest BCUT2D eigenvalue weighted by Gasteiger charge is -2.07. The number of terminal acetylenes is 1. The number of hydrogen-bond acceptors (Lipinski definition) is 5. The predicted molar refractivity (Wildman–Crippen MR) is 72.8 cm³/mol. The Bertz CT molecular complexity index is 736. The van der Waals surface area contributed by atoms with Crippen LogP contribution >= 0.6 is 0 Å². The Hall–Kier alpha value is -2.74. The Morgan fingerprint density at radius 2 is 2.20 bits per heavy atom. The Morgan fingerprint density at radius 1 is 1.40 bits per heavy atom. The molecule has 1 aromatic heterocycles. The van der Waals surface area contributed by atoms with Gasteiger partial charge in [-0.05, 0) is 19.1 Å². The molecule has 0 fully saturated rings. The molecule has 0 aliphatic rings. The molecular weight excluding hydrogens is 260 g/mol. The summed E-state index contributed by atoms with van der Waals surface area (Å²) in [6.07, 6.45) is 5.10. The molecule has 1 heterocycles. The highest BCUT2D eigenvalue weighted by atomic mass is 16.5. The van der Waals surface area contributed by atoms with Crippen LogP contribution < -0.4 is 10.4 Å². The third-order valence-electron chi connectivity index (χ3n) is 2.53. The zero-order valence-corrected chi connectivity index (χ0v) is 10.8. The molecule has 0 unspecified atom stereocenters. The largest absolute Gasteiger partial charge is 0.481 e. The van der Waals surface area contributed by atoms with Crippen molar-refractivity contribution >= 4 is 16.9 Å². The molecule has 102 valence electrons. The van der Waals surface area contributed by atoms with Crippen LogP contribution in [0.15, 0.2) is 33.5 Å². The monoisotopic (exact) mass is 272 g/mol. The zero-order chi connectivity index (χ0) is 14.5. The molecular formula is C15H12O5. The van der Waals surface area contributed by atoms with Crippen molar-refractivity contribution in [3.8, 4) is 18.1 Å². The topological polar surface area (TPSA) is 65.7 Å². The van der Waals surface area contributed by atoms with Crippen molar-refractivity contribution in [2.24, 2.45) is 0 Å². The first-order valence-corrected chi connectivity index (χ1v) is 5.97. The van der Waals surface area contributed by atoms with Gasteiger partial charge in [-0.25, -0.2) is 9.59 Å². The van der Waals surface area contributed by atoms with Gasteiger partial charge < -0.3 is 13.9 Å². The lowest BCUT2D eigenvalue weighted by Crippen LogP contribution is -2.10. The number of ether oxygens (including phenoxy) is 2. The van der Waals surface area contributed by atoms with E-state index in [4.69, 9.17) is 20.3 Å². The molecule has 1 aromatic carbocycles. The summed E-state index contributed by atoms with van der Waals surface area (Å²) in [6, 6.07) is 5.89. The van der Waals surface area contributed by atoms with Crippen molar-refractivity contribution in [1.82, 2.24) is 0 Å². The van der Waals surface area contributed by atoms with Gasteiger partial charge in [0.05, 0.1) is 12.2 Å². The summed E-state index contributed by atoms with van der Waals surface area (Å²) < 4.78 is 15.2. The van der Waals surface area contributed by atoms with Crippen LogP contribution in [0.5, 0.6) is 5.75 Å². The van der Waals surface area contributed by atoms with Gasteiger partial charge in [-0.1, -0.05) is 5.92 Å². The molecule has 0 amide bonds. The average Bonchev–Trinajstić information content (AvgIpc) is 2.44. The quantitative estimate of drug-likeness (QED) is 0.483. The number of benzene rings is 1. The van der Waals surface area contributed by atoms with Crippen LogP contribution in [0, 0.1) is 12.3 Å². The van der Waals surface area contributed by atoms with Crippen molar-refractivity contribution in [3.63, 3.8) is 0 Å². The first kappa shape index (κ1) is 13.7. The number of rotatable bonds is 4. The van der Waals surface area contributed by atoms with Gasteiger partial charge in [-0.2, -0.15) is 0 Å². The second-order valence-corrected chi connectivity index (χ2v) is 3.85. The second kappa shape index (κ2) is 5.93. The Kier molecular flexibility index (Phi) is 4.06. The number of carbonyl (C=O) groups is 1. The van der Waals surface area contributed by atoms with Crippen LogP contribution in [0.4, 0.5) is 0 Å². The SMILES string of the molecule is C#CCOc1ccc2c(C(=O)OCC)cc(=O)oc2c1. The van der Waals surface area contributed by atoms with Gasteiger partial charge in [0, 0.05) is 17.5 Å². The van der Waals surface area contributed by atoms with Gasteiger partial charge in [0.25, 0.3) is 0 Å². The van der Waals surface area contributed by atoms with Crippen LogP contribution in [-0.2, 0) is 4.74 Å². The third-order valence-corrected chi connectivity index (χ3v) is 2.53. The molecule has 2 aromatic rings. The van der Waals surface area contributed by atoms with E-state index in [1.807, 2.05) is 0 Å². The molecule has 0 aliphatic heterocycles. The van der Waals surface area contributed by atoms with Crippen molar-refractivity contribution in [1.29, 1.82) is 0 Å². The van der Waals surface area contributed by atoms with Crippen molar-refractivity contribution in [3.05, 3.63) is 40.2 Å². The fourth-order valence-electron chi connectivity index (χ4n) is 1.74. The number of carbonyl (C=O) groups excluding carboxylic acids is 1. The van der Waals surface area contributed by atoms with Crippen LogP contribution in [0.1, 0.15) is 17.3 Å². The van der Waals surface area contributed by atoms with Gasteiger partial charge >= 0.3 is 11.6 Å². The molecule has 5 nitrogen and oxygen atoms in total. The average molecular weight is 272 g/mol. The maximum absolute atomic E-state index is 11.8. The van der Waals surface area contributed by atoms with Crippen molar-refractivity contribution in [2.75, 3.05) is 13.2 Å². The van der Waals surface area contributed by atoms with Gasteiger partial charge in [0.2, 0.25) is 0 Å². The molecule has 20 heavy (non-hydrogen) atoms. The van der Waals surface area contributed by atoms with Gasteiger partial charge in [0.1, 0.15) is 17.9 Å². The van der Waals surface area contributed by atoms with Crippen molar-refractivity contribution in [2.45, 2.75) is 6.92 Å². The highest BCUT2D eigenvalue weighted by Crippen LogP contribution is 2.23. The van der Waals surface area contributed by atoms with E-state index in [2.05, 4.69) is 5.92 Å². The molecule has 2 rings (SSSR count). The molecule has 0 bridgehead atoms. The van der Waals surface area contributed by atoms with E-state index in [0.29, 0.717) is 11.1 Å². The smallest absolute Gasteiger partial charge is 0.339 e. The van der Waals surface area contributed by atoms with E-state index in [1.165, 1.54) is 6.07 Å². The molecule has 5 heteroatoms. The van der Waals surface area contributed by atoms with Crippen LogP contribution in [0.2, 0.25) is 0 Å². The van der Waals surface area contributed by atoms with E-state index >= 15 is 0 Å². The first-order valence-electron chi connectivity index (χ1n) is 5.97. The maximum atomic E-state index is 11.8. The first-order chi connectivity index (χ1) is 9.65. The summed E-state index contributed by atoms with van der Waals surface area (Å²) in [5.41, 5.74) is -0.216. The predicted octanol–water partition coefficient (Wildman–Crippen LogP) is 1.98. The summed E-state index contributed by atoms with van der Waals surface area (Å²) >= 11 is 0. The van der Waals surface area contributed by atoms with Crippen molar-refractivity contribution < 1.29 is 18.7 Å². The summed E-state index contributed by atoms with van der Waals surface area (Å²) in [5.74, 6) is 2.22. The van der Waals surface area contributed by atoms with E-state index in [-0.39, 0.29) is 24.4 Å². The minimum absolute atomic E-state index is 0.104. The van der Waals surface area contributed by atoms with E-state index < -0.39 is 11.6 Å². The summed E-state index contributed by atoms with van der Waals surface area (Å²) in [5, 5.41) is 0.483. The zero-order valence-electron chi connectivity index (χ0n) is 10.8.